The number of non-ortho nitro benzene ring substituents is 1. The van der Waals surface area contributed by atoms with Crippen LogP contribution in [-0.2, 0) is 9.53 Å². The number of ether oxygens (including phenoxy) is 2. The molecule has 1 aromatic heterocycles. The molecule has 196 valence electrons. The largest absolute Gasteiger partial charge is 0.494 e. The van der Waals surface area contributed by atoms with Crippen LogP contribution in [-0.4, -0.2) is 28.7 Å². The monoisotopic (exact) mass is 533 g/mol. The van der Waals surface area contributed by atoms with E-state index < -0.39 is 16.9 Å². The Morgan fingerprint density at radius 3 is 2.55 bits per heavy atom. The van der Waals surface area contributed by atoms with Crippen molar-refractivity contribution in [3.05, 3.63) is 113 Å². The highest BCUT2D eigenvalue weighted by Gasteiger charge is 2.33. The lowest BCUT2D eigenvalue weighted by atomic mass is 9.96. The van der Waals surface area contributed by atoms with Gasteiger partial charge in [0.15, 0.2) is 4.80 Å². The SMILES string of the molecule is C=CCOC(=O)C1=C(C)N=c2sc(=Cc3ccc([N+](=O)[O-])cc3)c(=O)n2C1c1ccc(OCCCC)cc1. The number of nitro groups is 1. The first-order valence-electron chi connectivity index (χ1n) is 12.1. The molecule has 1 unspecified atom stereocenters. The molecule has 0 aliphatic carbocycles. The molecule has 4 rings (SSSR count). The van der Waals surface area contributed by atoms with E-state index in [9.17, 15) is 19.7 Å². The Morgan fingerprint density at radius 1 is 1.21 bits per heavy atom. The Labute approximate surface area is 222 Å². The summed E-state index contributed by atoms with van der Waals surface area (Å²) in [6.45, 7) is 8.03. The second-order valence-corrected chi connectivity index (χ2v) is 9.60. The Kier molecular flexibility index (Phi) is 8.32. The molecule has 1 aliphatic heterocycles. The van der Waals surface area contributed by atoms with Crippen molar-refractivity contribution in [2.75, 3.05) is 13.2 Å². The quantitative estimate of drug-likeness (QED) is 0.128. The standard InChI is InChI=1S/C28H27N3O6S/c1-4-6-16-36-22-13-9-20(10-14-22)25-24(27(33)37-15-5-2)18(3)29-28-30(25)26(32)23(38-28)17-19-7-11-21(12-8-19)31(34)35/h5,7-14,17,25H,2,4,6,15-16H2,1,3H3. The zero-order valence-corrected chi connectivity index (χ0v) is 21.9. The third-order valence-corrected chi connectivity index (χ3v) is 6.92. The number of unbranched alkanes of at least 4 members (excludes halogenated alkanes) is 1. The smallest absolute Gasteiger partial charge is 0.338 e. The molecular weight excluding hydrogens is 506 g/mol. The molecule has 0 fully saturated rings. The van der Waals surface area contributed by atoms with Crippen LogP contribution in [0.3, 0.4) is 0 Å². The van der Waals surface area contributed by atoms with Gasteiger partial charge >= 0.3 is 5.97 Å². The highest BCUT2D eigenvalue weighted by molar-refractivity contribution is 7.07. The molecule has 1 atom stereocenters. The number of carbonyl (C=O) groups excluding carboxylic acids is 1. The van der Waals surface area contributed by atoms with Crippen LogP contribution in [0, 0.1) is 10.1 Å². The average molecular weight is 534 g/mol. The van der Waals surface area contributed by atoms with Crippen molar-refractivity contribution in [1.82, 2.24) is 4.57 Å². The number of carbonyl (C=O) groups is 1. The molecule has 10 heteroatoms. The number of hydrogen-bond donors (Lipinski definition) is 0. The van der Waals surface area contributed by atoms with E-state index in [1.807, 2.05) is 24.3 Å². The van der Waals surface area contributed by atoms with Gasteiger partial charge in [0.1, 0.15) is 12.4 Å². The van der Waals surface area contributed by atoms with E-state index >= 15 is 0 Å². The molecule has 3 aromatic rings. The van der Waals surface area contributed by atoms with Gasteiger partial charge in [-0.2, -0.15) is 0 Å². The van der Waals surface area contributed by atoms with Crippen molar-refractivity contribution in [1.29, 1.82) is 0 Å². The highest BCUT2D eigenvalue weighted by Crippen LogP contribution is 2.31. The van der Waals surface area contributed by atoms with Crippen LogP contribution in [0.4, 0.5) is 5.69 Å². The number of hydrogen-bond acceptors (Lipinski definition) is 8. The van der Waals surface area contributed by atoms with E-state index in [4.69, 9.17) is 9.47 Å². The molecule has 0 N–H and O–H groups in total. The molecule has 0 saturated heterocycles. The molecular formula is C28H27N3O6S. The summed E-state index contributed by atoms with van der Waals surface area (Å²) in [5.41, 5.74) is 1.69. The minimum Gasteiger partial charge on any atom is -0.494 e. The summed E-state index contributed by atoms with van der Waals surface area (Å²) in [6, 6.07) is 12.5. The molecule has 2 aromatic carbocycles. The molecule has 0 saturated carbocycles. The van der Waals surface area contributed by atoms with Crippen LogP contribution in [0.5, 0.6) is 5.75 Å². The predicted octanol–water partition coefficient (Wildman–Crippen LogP) is 4.05. The van der Waals surface area contributed by atoms with E-state index in [1.165, 1.54) is 34.1 Å². The molecule has 38 heavy (non-hydrogen) atoms. The normalized spacial score (nSPS) is 15.0. The number of nitrogens with zero attached hydrogens (tertiary/aromatic N) is 3. The van der Waals surface area contributed by atoms with Crippen LogP contribution in [0.2, 0.25) is 0 Å². The number of aromatic nitrogens is 1. The Balaban J connectivity index is 1.81. The predicted molar refractivity (Wildman–Crippen MR) is 145 cm³/mol. The Hall–Kier alpha value is -4.31. The van der Waals surface area contributed by atoms with Crippen LogP contribution in [0.1, 0.15) is 43.9 Å². The molecule has 9 nitrogen and oxygen atoms in total. The number of esters is 1. The summed E-state index contributed by atoms with van der Waals surface area (Å²) in [4.78, 5) is 42.3. The van der Waals surface area contributed by atoms with Crippen molar-refractivity contribution < 1.29 is 19.2 Å². The lowest BCUT2D eigenvalue weighted by molar-refractivity contribution is -0.384. The van der Waals surface area contributed by atoms with Gasteiger partial charge in [-0.05, 0) is 54.8 Å². The minimum absolute atomic E-state index is 0.0249. The van der Waals surface area contributed by atoms with Gasteiger partial charge in [-0.25, -0.2) is 9.79 Å². The van der Waals surface area contributed by atoms with E-state index in [2.05, 4.69) is 18.5 Å². The summed E-state index contributed by atoms with van der Waals surface area (Å²) in [5, 5.41) is 11.0. The van der Waals surface area contributed by atoms with Crippen molar-refractivity contribution in [3.8, 4) is 5.75 Å². The first-order chi connectivity index (χ1) is 18.3. The summed E-state index contributed by atoms with van der Waals surface area (Å²) < 4.78 is 13.0. The van der Waals surface area contributed by atoms with Gasteiger partial charge in [-0.3, -0.25) is 19.5 Å². The second-order valence-electron chi connectivity index (χ2n) is 8.59. The van der Waals surface area contributed by atoms with Crippen molar-refractivity contribution in [2.24, 2.45) is 4.99 Å². The zero-order chi connectivity index (χ0) is 27.2. The number of allylic oxidation sites excluding steroid dienone is 1. The second kappa shape index (κ2) is 11.8. The van der Waals surface area contributed by atoms with Gasteiger partial charge < -0.3 is 9.47 Å². The van der Waals surface area contributed by atoms with Crippen LogP contribution in [0.25, 0.3) is 6.08 Å². The van der Waals surface area contributed by atoms with Gasteiger partial charge in [-0.1, -0.05) is 49.5 Å². The highest BCUT2D eigenvalue weighted by atomic mass is 32.1. The van der Waals surface area contributed by atoms with E-state index in [1.54, 1.807) is 25.1 Å². The first kappa shape index (κ1) is 26.7. The fourth-order valence-electron chi connectivity index (χ4n) is 4.03. The number of rotatable bonds is 10. The zero-order valence-electron chi connectivity index (χ0n) is 21.1. The van der Waals surface area contributed by atoms with Gasteiger partial charge in [0.2, 0.25) is 0 Å². The van der Waals surface area contributed by atoms with Crippen LogP contribution < -0.4 is 19.6 Å². The number of nitro benzene ring substituents is 1. The van der Waals surface area contributed by atoms with Crippen molar-refractivity contribution in [3.63, 3.8) is 0 Å². The van der Waals surface area contributed by atoms with Gasteiger partial charge in [0, 0.05) is 12.1 Å². The number of fused-ring (bicyclic) bond motifs is 1. The van der Waals surface area contributed by atoms with Crippen LogP contribution in [0.15, 0.2) is 82.2 Å². The Bertz CT molecular complexity index is 1570. The molecule has 0 bridgehead atoms. The fourth-order valence-corrected chi connectivity index (χ4v) is 5.08. The summed E-state index contributed by atoms with van der Waals surface area (Å²) in [7, 11) is 0. The lowest BCUT2D eigenvalue weighted by Crippen LogP contribution is -2.39. The molecule has 2 heterocycles. The number of benzene rings is 2. The molecule has 0 amide bonds. The Morgan fingerprint density at radius 2 is 1.92 bits per heavy atom. The third-order valence-electron chi connectivity index (χ3n) is 5.94. The maximum atomic E-state index is 13.7. The first-order valence-corrected chi connectivity index (χ1v) is 12.9. The maximum Gasteiger partial charge on any atom is 0.338 e. The molecule has 0 radical (unpaired) electrons. The molecule has 1 aliphatic rings. The number of thiazole rings is 1. The topological polar surface area (TPSA) is 113 Å². The van der Waals surface area contributed by atoms with Gasteiger partial charge in [0.25, 0.3) is 11.2 Å². The van der Waals surface area contributed by atoms with Crippen LogP contribution >= 0.6 is 11.3 Å². The van der Waals surface area contributed by atoms with Crippen molar-refractivity contribution in [2.45, 2.75) is 32.7 Å². The fraction of sp³-hybridized carbons (Fsp3) is 0.250. The van der Waals surface area contributed by atoms with E-state index in [-0.39, 0.29) is 23.4 Å². The summed E-state index contributed by atoms with van der Waals surface area (Å²) >= 11 is 1.19. The van der Waals surface area contributed by atoms with Crippen molar-refractivity contribution >= 4 is 29.1 Å². The average Bonchev–Trinajstić information content (AvgIpc) is 3.21. The molecule has 0 spiro atoms. The van der Waals surface area contributed by atoms with E-state index in [0.29, 0.717) is 38.5 Å². The van der Waals surface area contributed by atoms with Gasteiger partial charge in [-0.15, -0.1) is 0 Å². The lowest BCUT2D eigenvalue weighted by Gasteiger charge is -2.24. The van der Waals surface area contributed by atoms with Gasteiger partial charge in [0.05, 0.1) is 33.4 Å². The minimum atomic E-state index is -0.757. The maximum absolute atomic E-state index is 13.7. The third kappa shape index (κ3) is 5.65. The summed E-state index contributed by atoms with van der Waals surface area (Å²) in [5.74, 6) is 0.119. The van der Waals surface area contributed by atoms with E-state index in [0.717, 1.165) is 12.8 Å². The summed E-state index contributed by atoms with van der Waals surface area (Å²) in [6.07, 6.45) is 5.09.